The van der Waals surface area contributed by atoms with Crippen LogP contribution in [0.25, 0.3) is 5.82 Å². The van der Waals surface area contributed by atoms with Crippen LogP contribution in [0.2, 0.25) is 0 Å². The molecule has 1 amide bonds. The Morgan fingerprint density at radius 1 is 1.07 bits per heavy atom. The van der Waals surface area contributed by atoms with Gasteiger partial charge in [0.05, 0.1) is 5.69 Å². The number of aryl methyl sites for hydroxylation is 1. The number of anilines is 1. The minimum Gasteiger partial charge on any atom is -0.311 e. The maximum Gasteiger partial charge on any atom is 0.225 e. The molecule has 0 saturated carbocycles. The van der Waals surface area contributed by atoms with E-state index in [-0.39, 0.29) is 11.3 Å². The number of hydrogen-bond donors (Lipinski definition) is 1. The molecule has 140 valence electrons. The SMILES string of the molecule is CC(C)(C)c1cc(NC(=O)CCCc2ccccc2)n(-c2ccccn2)n1. The van der Waals surface area contributed by atoms with Gasteiger partial charge < -0.3 is 5.32 Å². The number of amides is 1. The fourth-order valence-corrected chi connectivity index (χ4v) is 2.79. The minimum atomic E-state index is -0.118. The summed E-state index contributed by atoms with van der Waals surface area (Å²) in [4.78, 5) is 16.8. The molecule has 5 heteroatoms. The second-order valence-corrected chi connectivity index (χ2v) is 7.65. The Bertz CT molecular complexity index is 880. The number of carbonyl (C=O) groups is 1. The van der Waals surface area contributed by atoms with E-state index >= 15 is 0 Å². The number of rotatable bonds is 6. The number of hydrogen-bond acceptors (Lipinski definition) is 3. The second-order valence-electron chi connectivity index (χ2n) is 7.65. The largest absolute Gasteiger partial charge is 0.311 e. The molecule has 3 rings (SSSR count). The molecule has 0 aliphatic heterocycles. The molecule has 0 spiro atoms. The van der Waals surface area contributed by atoms with E-state index in [9.17, 15) is 4.79 Å². The van der Waals surface area contributed by atoms with Gasteiger partial charge in [-0.3, -0.25) is 4.79 Å². The van der Waals surface area contributed by atoms with Crippen molar-refractivity contribution < 1.29 is 4.79 Å². The van der Waals surface area contributed by atoms with Crippen molar-refractivity contribution >= 4 is 11.7 Å². The van der Waals surface area contributed by atoms with E-state index in [1.165, 1.54) is 5.56 Å². The van der Waals surface area contributed by atoms with Gasteiger partial charge in [-0.1, -0.05) is 57.2 Å². The minimum absolute atomic E-state index is 0.0107. The molecular weight excluding hydrogens is 336 g/mol. The quantitative estimate of drug-likeness (QED) is 0.701. The van der Waals surface area contributed by atoms with Crippen LogP contribution in [-0.2, 0) is 16.6 Å². The van der Waals surface area contributed by atoms with E-state index in [2.05, 4.69) is 48.3 Å². The van der Waals surface area contributed by atoms with Gasteiger partial charge in [-0.25, -0.2) is 4.98 Å². The van der Waals surface area contributed by atoms with Crippen molar-refractivity contribution in [3.63, 3.8) is 0 Å². The van der Waals surface area contributed by atoms with Gasteiger partial charge >= 0.3 is 0 Å². The molecule has 0 bridgehead atoms. The number of nitrogens with one attached hydrogen (secondary N) is 1. The molecule has 0 radical (unpaired) electrons. The van der Waals surface area contributed by atoms with Gasteiger partial charge in [0.15, 0.2) is 5.82 Å². The summed E-state index contributed by atoms with van der Waals surface area (Å²) in [6.07, 6.45) is 3.88. The fraction of sp³-hybridized carbons (Fsp3) is 0.318. The molecule has 0 aliphatic carbocycles. The van der Waals surface area contributed by atoms with Crippen molar-refractivity contribution in [2.75, 3.05) is 5.32 Å². The van der Waals surface area contributed by atoms with Crippen molar-refractivity contribution in [3.8, 4) is 5.82 Å². The first kappa shape index (κ1) is 18.8. The molecule has 0 unspecified atom stereocenters. The zero-order chi connectivity index (χ0) is 19.3. The second kappa shape index (κ2) is 8.16. The van der Waals surface area contributed by atoms with Gasteiger partial charge in [0, 0.05) is 24.1 Å². The zero-order valence-corrected chi connectivity index (χ0v) is 16.1. The molecule has 2 aromatic heterocycles. The van der Waals surface area contributed by atoms with Crippen LogP contribution in [0.1, 0.15) is 44.9 Å². The predicted molar refractivity (Wildman–Crippen MR) is 108 cm³/mol. The van der Waals surface area contributed by atoms with Crippen molar-refractivity contribution in [3.05, 3.63) is 72.1 Å². The Labute approximate surface area is 160 Å². The molecule has 1 aromatic carbocycles. The van der Waals surface area contributed by atoms with E-state index in [0.29, 0.717) is 18.1 Å². The Balaban J connectivity index is 1.71. The third-order valence-corrected chi connectivity index (χ3v) is 4.32. The fourth-order valence-electron chi connectivity index (χ4n) is 2.79. The summed E-state index contributed by atoms with van der Waals surface area (Å²) >= 11 is 0. The number of pyridine rings is 1. The molecule has 27 heavy (non-hydrogen) atoms. The first-order chi connectivity index (χ1) is 12.9. The van der Waals surface area contributed by atoms with Crippen LogP contribution in [0.5, 0.6) is 0 Å². The molecule has 5 nitrogen and oxygen atoms in total. The average Bonchev–Trinajstić information content (AvgIpc) is 3.07. The molecule has 0 saturated heterocycles. The molecule has 0 atom stereocenters. The van der Waals surface area contributed by atoms with E-state index in [0.717, 1.165) is 18.5 Å². The number of carbonyl (C=O) groups excluding carboxylic acids is 1. The summed E-state index contributed by atoms with van der Waals surface area (Å²) in [6, 6.07) is 17.8. The van der Waals surface area contributed by atoms with Crippen LogP contribution in [0.4, 0.5) is 5.82 Å². The Morgan fingerprint density at radius 3 is 2.48 bits per heavy atom. The van der Waals surface area contributed by atoms with Crippen molar-refractivity contribution in [2.24, 2.45) is 0 Å². The summed E-state index contributed by atoms with van der Waals surface area (Å²) in [5, 5.41) is 7.68. The van der Waals surface area contributed by atoms with Crippen molar-refractivity contribution in [1.29, 1.82) is 0 Å². The van der Waals surface area contributed by atoms with Crippen LogP contribution in [-0.4, -0.2) is 20.7 Å². The van der Waals surface area contributed by atoms with Gasteiger partial charge in [-0.15, -0.1) is 0 Å². The van der Waals surface area contributed by atoms with Crippen LogP contribution in [0, 0.1) is 0 Å². The lowest BCUT2D eigenvalue weighted by molar-refractivity contribution is -0.116. The number of aromatic nitrogens is 3. The van der Waals surface area contributed by atoms with E-state index in [1.807, 2.05) is 42.5 Å². The maximum absolute atomic E-state index is 12.5. The van der Waals surface area contributed by atoms with Crippen molar-refractivity contribution in [1.82, 2.24) is 14.8 Å². The summed E-state index contributed by atoms with van der Waals surface area (Å²) in [7, 11) is 0. The highest BCUT2D eigenvalue weighted by Gasteiger charge is 2.21. The topological polar surface area (TPSA) is 59.8 Å². The van der Waals surface area contributed by atoms with Gasteiger partial charge in [-0.05, 0) is 30.5 Å². The maximum atomic E-state index is 12.5. The van der Waals surface area contributed by atoms with Gasteiger partial charge in [0.25, 0.3) is 0 Å². The standard InChI is InChI=1S/C22H26N4O/c1-22(2,3)18-16-20(26(25-18)19-13-7-8-15-23-19)24-21(27)14-9-12-17-10-5-4-6-11-17/h4-8,10-11,13,15-16H,9,12,14H2,1-3H3,(H,24,27). The highest BCUT2D eigenvalue weighted by molar-refractivity contribution is 5.90. The molecule has 0 fully saturated rings. The van der Waals surface area contributed by atoms with Gasteiger partial charge in [0.2, 0.25) is 5.91 Å². The molecule has 0 aliphatic rings. The summed E-state index contributed by atoms with van der Waals surface area (Å²) in [6.45, 7) is 6.30. The predicted octanol–water partition coefficient (Wildman–Crippen LogP) is 4.53. The Morgan fingerprint density at radius 2 is 1.81 bits per heavy atom. The number of nitrogens with zero attached hydrogens (tertiary/aromatic N) is 3. The molecule has 1 N–H and O–H groups in total. The lowest BCUT2D eigenvalue weighted by Gasteiger charge is -2.13. The normalized spacial score (nSPS) is 11.4. The lowest BCUT2D eigenvalue weighted by Crippen LogP contribution is -2.15. The molecule has 2 heterocycles. The van der Waals surface area contributed by atoms with Crippen molar-refractivity contribution in [2.45, 2.75) is 45.4 Å². The van der Waals surface area contributed by atoms with Gasteiger partial charge in [0.1, 0.15) is 5.82 Å². The van der Waals surface area contributed by atoms with Gasteiger partial charge in [-0.2, -0.15) is 9.78 Å². The third kappa shape index (κ3) is 5.03. The first-order valence-electron chi connectivity index (χ1n) is 9.29. The highest BCUT2D eigenvalue weighted by atomic mass is 16.1. The van der Waals surface area contributed by atoms with Crippen LogP contribution in [0.15, 0.2) is 60.8 Å². The monoisotopic (exact) mass is 362 g/mol. The van der Waals surface area contributed by atoms with E-state index < -0.39 is 0 Å². The Kier molecular flexibility index (Phi) is 5.69. The zero-order valence-electron chi connectivity index (χ0n) is 16.1. The third-order valence-electron chi connectivity index (χ3n) is 4.32. The van der Waals surface area contributed by atoms with Crippen LogP contribution < -0.4 is 5.32 Å². The summed E-state index contributed by atoms with van der Waals surface area (Å²) < 4.78 is 1.70. The smallest absolute Gasteiger partial charge is 0.225 e. The summed E-state index contributed by atoms with van der Waals surface area (Å²) in [5.74, 6) is 1.33. The number of benzene rings is 1. The molecular formula is C22H26N4O. The lowest BCUT2D eigenvalue weighted by atomic mass is 9.92. The van der Waals surface area contributed by atoms with E-state index in [1.54, 1.807) is 10.9 Å². The van der Waals surface area contributed by atoms with E-state index in [4.69, 9.17) is 0 Å². The van der Waals surface area contributed by atoms with Crippen LogP contribution >= 0.6 is 0 Å². The van der Waals surface area contributed by atoms with Crippen LogP contribution in [0.3, 0.4) is 0 Å². The highest BCUT2D eigenvalue weighted by Crippen LogP contribution is 2.25. The Hall–Kier alpha value is -2.95. The average molecular weight is 362 g/mol. The molecule has 3 aromatic rings. The summed E-state index contributed by atoms with van der Waals surface area (Å²) in [5.41, 5.74) is 2.04. The first-order valence-corrected chi connectivity index (χ1v) is 9.29.